The normalized spacial score (nSPS) is 23.6. The highest BCUT2D eigenvalue weighted by Crippen LogP contribution is 1.96. The molecule has 1 rings (SSSR count). The molecule has 0 unspecified atom stereocenters. The van der Waals surface area contributed by atoms with Gasteiger partial charge in [0.15, 0.2) is 0 Å². The number of esters is 1. The smallest absolute Gasteiger partial charge is 0.325 e. The van der Waals surface area contributed by atoms with Crippen LogP contribution in [0.5, 0.6) is 0 Å². The number of ether oxygens (including phenoxy) is 2. The fourth-order valence-corrected chi connectivity index (χ4v) is 1.00. The van der Waals surface area contributed by atoms with Gasteiger partial charge in [-0.05, 0) is 13.0 Å². The molecule has 0 radical (unpaired) electrons. The molecule has 1 aliphatic rings. The molecule has 0 aromatic heterocycles. The molecule has 0 saturated carbocycles. The van der Waals surface area contributed by atoms with E-state index >= 15 is 0 Å². The van der Waals surface area contributed by atoms with Crippen molar-refractivity contribution >= 4 is 18.4 Å². The van der Waals surface area contributed by atoms with E-state index in [1.807, 2.05) is 0 Å². The first-order chi connectivity index (χ1) is 5.34. The third kappa shape index (κ3) is 3.38. The summed E-state index contributed by atoms with van der Waals surface area (Å²) in [6, 6.07) is -0.275. The lowest BCUT2D eigenvalue weighted by molar-refractivity contribution is -0.144. The highest BCUT2D eigenvalue weighted by Gasteiger charge is 2.19. The average Bonchev–Trinajstić information content (AvgIpc) is 2.30. The lowest BCUT2D eigenvalue weighted by Gasteiger charge is -2.11. The summed E-state index contributed by atoms with van der Waals surface area (Å²) in [5.41, 5.74) is 0. The summed E-state index contributed by atoms with van der Waals surface area (Å²) in [6.45, 7) is 1.97. The van der Waals surface area contributed by atoms with E-state index in [0.717, 1.165) is 19.6 Å². The van der Waals surface area contributed by atoms with Gasteiger partial charge in [-0.15, -0.1) is 12.4 Å². The van der Waals surface area contributed by atoms with Crippen molar-refractivity contribution in [1.82, 2.24) is 5.32 Å². The van der Waals surface area contributed by atoms with Crippen molar-refractivity contribution in [3.8, 4) is 0 Å². The Morgan fingerprint density at radius 1 is 1.67 bits per heavy atom. The summed E-state index contributed by atoms with van der Waals surface area (Å²) >= 11 is 0. The summed E-state index contributed by atoms with van der Waals surface area (Å²) in [6.07, 6.45) is 0.952. The second-order valence-electron chi connectivity index (χ2n) is 2.46. The minimum Gasteiger partial charge on any atom is -0.468 e. The number of rotatable bonds is 1. The minimum absolute atomic E-state index is 0. The zero-order valence-corrected chi connectivity index (χ0v) is 7.86. The molecule has 1 heterocycles. The maximum atomic E-state index is 11.0. The van der Waals surface area contributed by atoms with Crippen LogP contribution in [0, 0.1) is 0 Å². The van der Waals surface area contributed by atoms with Crippen LogP contribution in [0.25, 0.3) is 0 Å². The lowest BCUT2D eigenvalue weighted by atomic mass is 10.3. The highest BCUT2D eigenvalue weighted by atomic mass is 35.5. The number of carbonyl (C=O) groups excluding carboxylic acids is 1. The quantitative estimate of drug-likeness (QED) is 0.597. The molecule has 72 valence electrons. The molecule has 1 fully saturated rings. The molecule has 1 aliphatic heterocycles. The molecular formula is C7H14ClNO3. The molecule has 4 nitrogen and oxygen atoms in total. The van der Waals surface area contributed by atoms with Crippen molar-refractivity contribution in [2.45, 2.75) is 12.5 Å². The van der Waals surface area contributed by atoms with Gasteiger partial charge in [0.25, 0.3) is 0 Å². The number of nitrogens with one attached hydrogen (secondary N) is 1. The van der Waals surface area contributed by atoms with E-state index in [1.165, 1.54) is 7.11 Å². The topological polar surface area (TPSA) is 47.6 Å². The van der Waals surface area contributed by atoms with Crippen molar-refractivity contribution in [2.24, 2.45) is 0 Å². The Bertz CT molecular complexity index is 135. The number of hydrogen-bond acceptors (Lipinski definition) is 4. The van der Waals surface area contributed by atoms with Gasteiger partial charge in [0.2, 0.25) is 0 Å². The highest BCUT2D eigenvalue weighted by molar-refractivity contribution is 5.85. The fourth-order valence-electron chi connectivity index (χ4n) is 1.00. The maximum Gasteiger partial charge on any atom is 0.325 e. The molecule has 1 atom stereocenters. The second-order valence-corrected chi connectivity index (χ2v) is 2.46. The van der Waals surface area contributed by atoms with Crippen molar-refractivity contribution in [3.63, 3.8) is 0 Å². The molecule has 0 aliphatic carbocycles. The van der Waals surface area contributed by atoms with Gasteiger partial charge in [-0.3, -0.25) is 4.79 Å². The van der Waals surface area contributed by atoms with Crippen molar-refractivity contribution in [1.29, 1.82) is 0 Å². The molecular weight excluding hydrogens is 182 g/mol. The van der Waals surface area contributed by atoms with Gasteiger partial charge < -0.3 is 14.8 Å². The van der Waals surface area contributed by atoms with E-state index in [0.29, 0.717) is 6.61 Å². The molecule has 1 saturated heterocycles. The zero-order valence-electron chi connectivity index (χ0n) is 7.04. The molecule has 0 aromatic rings. The maximum absolute atomic E-state index is 11.0. The zero-order chi connectivity index (χ0) is 8.10. The van der Waals surface area contributed by atoms with Crippen LogP contribution in [0.3, 0.4) is 0 Å². The van der Waals surface area contributed by atoms with Gasteiger partial charge >= 0.3 is 5.97 Å². The molecule has 0 spiro atoms. The predicted molar refractivity (Wildman–Crippen MR) is 46.5 cm³/mol. The summed E-state index contributed by atoms with van der Waals surface area (Å²) in [7, 11) is 1.38. The van der Waals surface area contributed by atoms with Crippen LogP contribution in [0.1, 0.15) is 6.42 Å². The Kier molecular flexibility index (Phi) is 6.06. The number of methoxy groups -OCH3 is 1. The van der Waals surface area contributed by atoms with Crippen LogP contribution in [0.15, 0.2) is 0 Å². The Labute approximate surface area is 78.0 Å². The Hall–Kier alpha value is -0.320. The Balaban J connectivity index is 0.00000121. The first-order valence-electron chi connectivity index (χ1n) is 3.73. The SMILES string of the molecule is COC(=O)[C@@H]1COCCCN1.Cl. The molecule has 0 bridgehead atoms. The average molecular weight is 196 g/mol. The number of halogens is 1. The van der Waals surface area contributed by atoms with Crippen LogP contribution in [-0.4, -0.2) is 38.9 Å². The monoisotopic (exact) mass is 195 g/mol. The predicted octanol–water partition coefficient (Wildman–Crippen LogP) is -0.0403. The third-order valence-electron chi connectivity index (χ3n) is 1.63. The summed E-state index contributed by atoms with van der Waals surface area (Å²) in [5, 5.41) is 3.03. The molecule has 12 heavy (non-hydrogen) atoms. The van der Waals surface area contributed by atoms with Crippen LogP contribution in [0.2, 0.25) is 0 Å². The van der Waals surface area contributed by atoms with Crippen molar-refractivity contribution in [3.05, 3.63) is 0 Å². The number of carbonyl (C=O) groups is 1. The summed E-state index contributed by atoms with van der Waals surface area (Å²) < 4.78 is 9.73. The Morgan fingerprint density at radius 2 is 2.42 bits per heavy atom. The summed E-state index contributed by atoms with van der Waals surface area (Å²) in [4.78, 5) is 11.0. The van der Waals surface area contributed by atoms with Gasteiger partial charge in [-0.2, -0.15) is 0 Å². The first-order valence-corrected chi connectivity index (χ1v) is 3.73. The van der Waals surface area contributed by atoms with Crippen LogP contribution >= 0.6 is 12.4 Å². The van der Waals surface area contributed by atoms with Gasteiger partial charge in [0, 0.05) is 6.61 Å². The van der Waals surface area contributed by atoms with Crippen LogP contribution < -0.4 is 5.32 Å². The van der Waals surface area contributed by atoms with Crippen molar-refractivity contribution in [2.75, 3.05) is 26.9 Å². The van der Waals surface area contributed by atoms with Gasteiger partial charge in [0.1, 0.15) is 6.04 Å². The lowest BCUT2D eigenvalue weighted by Crippen LogP contribution is -2.39. The van der Waals surface area contributed by atoms with Gasteiger partial charge in [-0.1, -0.05) is 0 Å². The fraction of sp³-hybridized carbons (Fsp3) is 0.857. The van der Waals surface area contributed by atoms with E-state index in [-0.39, 0.29) is 24.4 Å². The van der Waals surface area contributed by atoms with Gasteiger partial charge in [0.05, 0.1) is 13.7 Å². The molecule has 0 aromatic carbocycles. The second kappa shape index (κ2) is 6.22. The van der Waals surface area contributed by atoms with Crippen LogP contribution in [0.4, 0.5) is 0 Å². The van der Waals surface area contributed by atoms with Gasteiger partial charge in [-0.25, -0.2) is 0 Å². The van der Waals surface area contributed by atoms with E-state index in [1.54, 1.807) is 0 Å². The standard InChI is InChI=1S/C7H13NO3.ClH/c1-10-7(9)6-5-11-4-2-3-8-6;/h6,8H,2-5H2,1H3;1H/t6-;/m0./s1. The molecule has 1 N–H and O–H groups in total. The Morgan fingerprint density at radius 3 is 3.08 bits per heavy atom. The first kappa shape index (κ1) is 11.7. The van der Waals surface area contributed by atoms with E-state index in [2.05, 4.69) is 10.1 Å². The number of hydrogen-bond donors (Lipinski definition) is 1. The summed E-state index contributed by atoms with van der Waals surface area (Å²) in [5.74, 6) is -0.244. The van der Waals surface area contributed by atoms with E-state index in [9.17, 15) is 4.79 Å². The minimum atomic E-state index is -0.275. The third-order valence-corrected chi connectivity index (χ3v) is 1.63. The van der Waals surface area contributed by atoms with E-state index in [4.69, 9.17) is 4.74 Å². The van der Waals surface area contributed by atoms with Crippen molar-refractivity contribution < 1.29 is 14.3 Å². The molecule has 0 amide bonds. The van der Waals surface area contributed by atoms with E-state index < -0.39 is 0 Å². The molecule has 5 heteroatoms. The van der Waals surface area contributed by atoms with Crippen LogP contribution in [-0.2, 0) is 14.3 Å². The largest absolute Gasteiger partial charge is 0.468 e.